The first kappa shape index (κ1) is 19.3. The zero-order chi connectivity index (χ0) is 19.2. The van der Waals surface area contributed by atoms with Crippen LogP contribution in [0.3, 0.4) is 0 Å². The molecule has 148 valence electrons. The van der Waals surface area contributed by atoms with Crippen LogP contribution in [0, 0.1) is 23.2 Å². The van der Waals surface area contributed by atoms with Crippen molar-refractivity contribution in [3.63, 3.8) is 0 Å². The van der Waals surface area contributed by atoms with Crippen LogP contribution in [0.25, 0.3) is 0 Å². The Morgan fingerprint density at radius 1 is 1.11 bits per heavy atom. The van der Waals surface area contributed by atoms with E-state index in [2.05, 4.69) is 50.4 Å². The zero-order valence-electron chi connectivity index (χ0n) is 17.1. The van der Waals surface area contributed by atoms with Gasteiger partial charge in [-0.3, -0.25) is 4.79 Å². The molecule has 0 heterocycles. The third-order valence-corrected chi connectivity index (χ3v) is 7.68. The first-order valence-electron chi connectivity index (χ1n) is 10.8. The van der Waals surface area contributed by atoms with Gasteiger partial charge in [0.2, 0.25) is 5.91 Å². The Morgan fingerprint density at radius 2 is 1.74 bits per heavy atom. The molecule has 0 saturated heterocycles. The fraction of sp³-hybridized carbons (Fsp3) is 0.708. The van der Waals surface area contributed by atoms with Gasteiger partial charge in [-0.05, 0) is 79.7 Å². The highest BCUT2D eigenvalue weighted by Gasteiger charge is 2.59. The summed E-state index contributed by atoms with van der Waals surface area (Å²) in [5.74, 6) is 2.62. The largest absolute Gasteiger partial charge is 0.355 e. The quantitative estimate of drug-likeness (QED) is 0.625. The summed E-state index contributed by atoms with van der Waals surface area (Å²) in [5, 5.41) is 3.30. The van der Waals surface area contributed by atoms with E-state index in [1.807, 2.05) is 0 Å². The number of halogens is 1. The molecule has 0 radical (unpaired) electrons. The fourth-order valence-electron chi connectivity index (χ4n) is 6.42. The topological polar surface area (TPSA) is 29.1 Å². The average Bonchev–Trinajstić information content (AvgIpc) is 2.57. The van der Waals surface area contributed by atoms with Crippen molar-refractivity contribution in [2.75, 3.05) is 6.54 Å². The van der Waals surface area contributed by atoms with E-state index in [1.54, 1.807) is 0 Å². The molecule has 4 bridgehead atoms. The summed E-state index contributed by atoms with van der Waals surface area (Å²) in [6.45, 7) is 7.43. The van der Waals surface area contributed by atoms with Crippen molar-refractivity contribution >= 4 is 17.5 Å². The van der Waals surface area contributed by atoms with E-state index < -0.39 is 0 Å². The summed E-state index contributed by atoms with van der Waals surface area (Å²) in [5.41, 5.74) is 2.51. The van der Waals surface area contributed by atoms with Crippen molar-refractivity contribution in [3.05, 3.63) is 35.4 Å². The number of benzene rings is 1. The Morgan fingerprint density at radius 3 is 2.30 bits per heavy atom. The molecule has 4 aliphatic carbocycles. The molecule has 3 atom stereocenters. The maximum Gasteiger partial charge on any atom is 0.226 e. The van der Waals surface area contributed by atoms with E-state index in [0.29, 0.717) is 30.2 Å². The van der Waals surface area contributed by atoms with Crippen LogP contribution in [-0.4, -0.2) is 17.3 Å². The van der Waals surface area contributed by atoms with Crippen molar-refractivity contribution in [3.8, 4) is 0 Å². The third-order valence-electron chi connectivity index (χ3n) is 7.23. The lowest BCUT2D eigenvalue weighted by Crippen LogP contribution is -2.58. The molecule has 0 aromatic heterocycles. The van der Waals surface area contributed by atoms with Gasteiger partial charge in [0.05, 0.1) is 5.41 Å². The molecule has 5 rings (SSSR count). The summed E-state index contributed by atoms with van der Waals surface area (Å²) < 4.78 is 0. The summed E-state index contributed by atoms with van der Waals surface area (Å²) in [6.07, 6.45) is 7.67. The number of alkyl halides is 1. The van der Waals surface area contributed by atoms with E-state index >= 15 is 0 Å². The maximum atomic E-state index is 13.2. The second-order valence-electron chi connectivity index (χ2n) is 10.3. The fourth-order valence-corrected chi connectivity index (χ4v) is 7.11. The third kappa shape index (κ3) is 3.92. The van der Waals surface area contributed by atoms with Crippen molar-refractivity contribution in [1.29, 1.82) is 0 Å². The molecule has 1 aromatic rings. The molecule has 1 aromatic carbocycles. The number of rotatable bonds is 6. The number of nitrogens with one attached hydrogen (secondary N) is 1. The minimum Gasteiger partial charge on any atom is -0.355 e. The van der Waals surface area contributed by atoms with Gasteiger partial charge in [-0.25, -0.2) is 0 Å². The van der Waals surface area contributed by atoms with Crippen LogP contribution >= 0.6 is 11.6 Å². The monoisotopic (exact) mass is 387 g/mol. The number of carbonyl (C=O) groups is 1. The van der Waals surface area contributed by atoms with Crippen LogP contribution in [-0.2, 0) is 11.2 Å². The summed E-state index contributed by atoms with van der Waals surface area (Å²) in [4.78, 5) is 13.1. The summed E-state index contributed by atoms with van der Waals surface area (Å²) >= 11 is 6.89. The van der Waals surface area contributed by atoms with Crippen molar-refractivity contribution in [1.82, 2.24) is 5.32 Å². The van der Waals surface area contributed by atoms with Gasteiger partial charge in [0, 0.05) is 11.4 Å². The standard InChI is InChI=1S/C24H34ClNO/c1-16(2)8-18-4-6-21(7-5-18)17(3)14-26-22(27)23-10-19-9-20(11-23)13-24(25,12-19)15-23/h4-7,16-17,19-20H,8-15H2,1-3H3,(H,26,27)/t17-,19-,20-,23?,24?/m1/s1. The van der Waals surface area contributed by atoms with Gasteiger partial charge in [0.25, 0.3) is 0 Å². The second-order valence-corrected chi connectivity index (χ2v) is 11.1. The highest BCUT2D eigenvalue weighted by atomic mass is 35.5. The van der Waals surface area contributed by atoms with E-state index in [4.69, 9.17) is 11.6 Å². The first-order chi connectivity index (χ1) is 12.8. The molecule has 2 nitrogen and oxygen atoms in total. The Bertz CT molecular complexity index is 681. The molecule has 0 spiro atoms. The van der Waals surface area contributed by atoms with Crippen LogP contribution in [0.2, 0.25) is 0 Å². The molecule has 1 amide bonds. The van der Waals surface area contributed by atoms with Crippen LogP contribution in [0.15, 0.2) is 24.3 Å². The molecule has 4 saturated carbocycles. The van der Waals surface area contributed by atoms with Gasteiger partial charge in [0.15, 0.2) is 0 Å². The lowest BCUT2D eigenvalue weighted by molar-refractivity contribution is -0.144. The van der Waals surface area contributed by atoms with Gasteiger partial charge in [-0.1, -0.05) is 45.0 Å². The van der Waals surface area contributed by atoms with Crippen molar-refractivity contribution in [2.24, 2.45) is 23.2 Å². The highest BCUT2D eigenvalue weighted by molar-refractivity contribution is 6.24. The Labute approximate surface area is 169 Å². The van der Waals surface area contributed by atoms with Gasteiger partial charge < -0.3 is 5.32 Å². The number of amides is 1. The molecule has 0 unspecified atom stereocenters. The second kappa shape index (κ2) is 7.10. The molecular weight excluding hydrogens is 354 g/mol. The number of carbonyl (C=O) groups excluding carboxylic acids is 1. The van der Waals surface area contributed by atoms with Gasteiger partial charge in [-0.15, -0.1) is 11.6 Å². The van der Waals surface area contributed by atoms with Crippen LogP contribution < -0.4 is 5.32 Å². The minimum atomic E-state index is -0.188. The van der Waals surface area contributed by atoms with E-state index in [-0.39, 0.29) is 16.2 Å². The number of hydrogen-bond donors (Lipinski definition) is 1. The minimum absolute atomic E-state index is 0.0979. The van der Waals surface area contributed by atoms with Crippen LogP contribution in [0.5, 0.6) is 0 Å². The normalized spacial score (nSPS) is 35.4. The van der Waals surface area contributed by atoms with Gasteiger partial charge in [0.1, 0.15) is 0 Å². The molecule has 1 N–H and O–H groups in total. The van der Waals surface area contributed by atoms with E-state index in [0.717, 1.165) is 38.5 Å². The predicted molar refractivity (Wildman–Crippen MR) is 112 cm³/mol. The van der Waals surface area contributed by atoms with Crippen LogP contribution in [0.4, 0.5) is 0 Å². The van der Waals surface area contributed by atoms with Crippen LogP contribution in [0.1, 0.15) is 76.3 Å². The molecular formula is C24H34ClNO. The van der Waals surface area contributed by atoms with Gasteiger partial charge in [-0.2, -0.15) is 0 Å². The zero-order valence-corrected chi connectivity index (χ0v) is 17.8. The SMILES string of the molecule is CC(C)Cc1ccc([C@H](C)CNC(=O)C23C[C@H]4C[C@@H](CC(Cl)(C4)C2)C3)cc1. The molecule has 27 heavy (non-hydrogen) atoms. The summed E-state index contributed by atoms with van der Waals surface area (Å²) in [7, 11) is 0. The molecule has 3 heteroatoms. The predicted octanol–water partition coefficient (Wildman–Crippen LogP) is 5.68. The van der Waals surface area contributed by atoms with E-state index in [1.165, 1.54) is 17.5 Å². The summed E-state index contributed by atoms with van der Waals surface area (Å²) in [6, 6.07) is 8.94. The average molecular weight is 388 g/mol. The molecule has 0 aliphatic heterocycles. The lowest BCUT2D eigenvalue weighted by Gasteiger charge is -2.59. The van der Waals surface area contributed by atoms with Gasteiger partial charge >= 0.3 is 0 Å². The molecule has 4 aliphatic rings. The number of hydrogen-bond acceptors (Lipinski definition) is 1. The first-order valence-corrected chi connectivity index (χ1v) is 11.2. The van der Waals surface area contributed by atoms with Crippen molar-refractivity contribution in [2.45, 2.75) is 76.5 Å². The Balaban J connectivity index is 1.36. The van der Waals surface area contributed by atoms with Crippen molar-refractivity contribution < 1.29 is 4.79 Å². The molecule has 4 fully saturated rings. The maximum absolute atomic E-state index is 13.2. The smallest absolute Gasteiger partial charge is 0.226 e. The Kier molecular flexibility index (Phi) is 5.08. The highest BCUT2D eigenvalue weighted by Crippen LogP contribution is 2.63. The Hall–Kier alpha value is -1.02. The lowest BCUT2D eigenvalue weighted by atomic mass is 9.49. The van der Waals surface area contributed by atoms with E-state index in [9.17, 15) is 4.79 Å².